The number of nitrogens with zero attached hydrogens (tertiary/aromatic N) is 2. The van der Waals surface area contributed by atoms with E-state index in [0.717, 1.165) is 11.3 Å². The SMILES string of the molecule is CCc1c(C(C)C)[nH]c2nc3cc(F)c(Cl)cc3n2c1=O. The number of nitrogens with one attached hydrogen (secondary N) is 1. The molecule has 2 heterocycles. The van der Waals surface area contributed by atoms with Gasteiger partial charge in [-0.2, -0.15) is 0 Å². The maximum atomic E-state index is 13.6. The van der Waals surface area contributed by atoms with E-state index in [1.807, 2.05) is 20.8 Å². The minimum atomic E-state index is -0.542. The monoisotopic (exact) mass is 307 g/mol. The maximum Gasteiger partial charge on any atom is 0.262 e. The molecular weight excluding hydrogens is 293 g/mol. The van der Waals surface area contributed by atoms with Gasteiger partial charge in [-0.25, -0.2) is 13.8 Å². The van der Waals surface area contributed by atoms with Crippen molar-refractivity contribution in [1.82, 2.24) is 14.4 Å². The summed E-state index contributed by atoms with van der Waals surface area (Å²) in [5.41, 5.74) is 2.39. The quantitative estimate of drug-likeness (QED) is 0.785. The molecular formula is C15H15ClFN3O. The normalized spacial score (nSPS) is 11.9. The first-order valence-corrected chi connectivity index (χ1v) is 7.24. The molecule has 1 N–H and O–H groups in total. The Morgan fingerprint density at radius 1 is 1.43 bits per heavy atom. The smallest absolute Gasteiger partial charge is 0.262 e. The Morgan fingerprint density at radius 3 is 2.76 bits per heavy atom. The molecule has 0 aliphatic heterocycles. The van der Waals surface area contributed by atoms with Crippen LogP contribution in [0.25, 0.3) is 16.8 Å². The number of benzene rings is 1. The van der Waals surface area contributed by atoms with Crippen LogP contribution in [0.5, 0.6) is 0 Å². The summed E-state index contributed by atoms with van der Waals surface area (Å²) >= 11 is 5.82. The minimum Gasteiger partial charge on any atom is -0.328 e. The van der Waals surface area contributed by atoms with E-state index in [1.54, 1.807) is 0 Å². The van der Waals surface area contributed by atoms with Crippen molar-refractivity contribution in [2.24, 2.45) is 0 Å². The number of hydrogen-bond donors (Lipinski definition) is 1. The Bertz CT molecular complexity index is 911. The van der Waals surface area contributed by atoms with Crippen molar-refractivity contribution in [3.8, 4) is 0 Å². The van der Waals surface area contributed by atoms with Crippen LogP contribution >= 0.6 is 11.6 Å². The third-order valence-corrected chi connectivity index (χ3v) is 3.95. The van der Waals surface area contributed by atoms with E-state index in [9.17, 15) is 9.18 Å². The lowest BCUT2D eigenvalue weighted by molar-refractivity contribution is 0.630. The Morgan fingerprint density at radius 2 is 2.14 bits per heavy atom. The summed E-state index contributed by atoms with van der Waals surface area (Å²) in [6.45, 7) is 5.97. The van der Waals surface area contributed by atoms with Gasteiger partial charge in [0, 0.05) is 17.3 Å². The zero-order valence-electron chi connectivity index (χ0n) is 12.0. The van der Waals surface area contributed by atoms with Crippen LogP contribution in [-0.4, -0.2) is 14.4 Å². The van der Waals surface area contributed by atoms with Crippen molar-refractivity contribution >= 4 is 28.4 Å². The molecule has 0 bridgehead atoms. The lowest BCUT2D eigenvalue weighted by Crippen LogP contribution is -2.22. The lowest BCUT2D eigenvalue weighted by atomic mass is 10.0. The second kappa shape index (κ2) is 4.84. The molecule has 0 radical (unpaired) electrons. The van der Waals surface area contributed by atoms with Gasteiger partial charge in [-0.15, -0.1) is 0 Å². The van der Waals surface area contributed by atoms with Gasteiger partial charge in [0.05, 0.1) is 16.1 Å². The molecule has 0 atom stereocenters. The molecule has 1 aromatic carbocycles. The fourth-order valence-corrected chi connectivity index (χ4v) is 2.80. The molecule has 6 heteroatoms. The first-order valence-electron chi connectivity index (χ1n) is 6.86. The molecule has 0 unspecified atom stereocenters. The molecule has 2 aromatic heterocycles. The number of aromatic nitrogens is 3. The van der Waals surface area contributed by atoms with Gasteiger partial charge in [0.25, 0.3) is 5.56 Å². The van der Waals surface area contributed by atoms with E-state index in [4.69, 9.17) is 11.6 Å². The standard InChI is InChI=1S/C15H15ClFN3O/c1-4-8-13(7(2)3)19-15-18-11-6-10(17)9(16)5-12(11)20(15)14(8)21/h5-7H,4H2,1-3H3,(H,18,19). The molecule has 3 rings (SSSR count). The van der Waals surface area contributed by atoms with Gasteiger partial charge in [-0.05, 0) is 18.4 Å². The average Bonchev–Trinajstić information content (AvgIpc) is 2.76. The molecule has 0 spiro atoms. The molecule has 21 heavy (non-hydrogen) atoms. The van der Waals surface area contributed by atoms with Crippen LogP contribution in [0.3, 0.4) is 0 Å². The summed E-state index contributed by atoms with van der Waals surface area (Å²) in [5, 5.41) is -0.0188. The van der Waals surface area contributed by atoms with Crippen molar-refractivity contribution in [1.29, 1.82) is 0 Å². The van der Waals surface area contributed by atoms with Crippen LogP contribution in [0, 0.1) is 5.82 Å². The van der Waals surface area contributed by atoms with E-state index in [-0.39, 0.29) is 16.5 Å². The van der Waals surface area contributed by atoms with Crippen LogP contribution in [0.1, 0.15) is 37.9 Å². The van der Waals surface area contributed by atoms with Crippen molar-refractivity contribution in [2.75, 3.05) is 0 Å². The topological polar surface area (TPSA) is 50.2 Å². The Hall–Kier alpha value is -1.88. The molecule has 3 aromatic rings. The number of rotatable bonds is 2. The zero-order chi connectivity index (χ0) is 15.3. The van der Waals surface area contributed by atoms with Crippen molar-refractivity contribution in [3.63, 3.8) is 0 Å². The molecule has 0 aliphatic carbocycles. The third-order valence-electron chi connectivity index (χ3n) is 3.66. The van der Waals surface area contributed by atoms with Crippen LogP contribution < -0.4 is 5.56 Å². The lowest BCUT2D eigenvalue weighted by Gasteiger charge is -2.11. The predicted octanol–water partition coefficient (Wildman–Crippen LogP) is 3.65. The number of hydrogen-bond acceptors (Lipinski definition) is 2. The summed E-state index contributed by atoms with van der Waals surface area (Å²) in [4.78, 5) is 20.2. The molecule has 0 fully saturated rings. The van der Waals surface area contributed by atoms with Crippen LogP contribution in [-0.2, 0) is 6.42 Å². The molecule has 0 amide bonds. The summed E-state index contributed by atoms with van der Waals surface area (Å²) < 4.78 is 15.0. The predicted molar refractivity (Wildman–Crippen MR) is 81.8 cm³/mol. The van der Waals surface area contributed by atoms with Crippen LogP contribution in [0.15, 0.2) is 16.9 Å². The Kier molecular flexibility index (Phi) is 3.24. The summed E-state index contributed by atoms with van der Waals surface area (Å²) in [5.74, 6) is 0.0511. The van der Waals surface area contributed by atoms with Crippen LogP contribution in [0.4, 0.5) is 4.39 Å². The van der Waals surface area contributed by atoms with Gasteiger partial charge < -0.3 is 4.98 Å². The molecule has 0 saturated carbocycles. The van der Waals surface area contributed by atoms with E-state index < -0.39 is 5.82 Å². The highest BCUT2D eigenvalue weighted by molar-refractivity contribution is 6.31. The van der Waals surface area contributed by atoms with Crippen molar-refractivity contribution in [3.05, 3.63) is 44.6 Å². The maximum absolute atomic E-state index is 13.6. The number of halogens is 2. The van der Waals surface area contributed by atoms with E-state index >= 15 is 0 Å². The Balaban J connectivity index is 2.52. The zero-order valence-corrected chi connectivity index (χ0v) is 12.8. The number of aromatic amines is 1. The third kappa shape index (κ3) is 2.03. The second-order valence-electron chi connectivity index (χ2n) is 5.36. The molecule has 0 saturated heterocycles. The van der Waals surface area contributed by atoms with E-state index in [2.05, 4.69) is 9.97 Å². The first kappa shape index (κ1) is 14.1. The molecule has 4 nitrogen and oxygen atoms in total. The largest absolute Gasteiger partial charge is 0.328 e. The summed E-state index contributed by atoms with van der Waals surface area (Å²) in [6.07, 6.45) is 0.618. The highest BCUT2D eigenvalue weighted by Crippen LogP contribution is 2.24. The highest BCUT2D eigenvalue weighted by atomic mass is 35.5. The number of imidazole rings is 1. The summed E-state index contributed by atoms with van der Waals surface area (Å²) in [7, 11) is 0. The average molecular weight is 308 g/mol. The van der Waals surface area contributed by atoms with Crippen molar-refractivity contribution in [2.45, 2.75) is 33.1 Å². The summed E-state index contributed by atoms with van der Waals surface area (Å²) in [6, 6.07) is 2.69. The van der Waals surface area contributed by atoms with E-state index in [1.165, 1.54) is 16.5 Å². The van der Waals surface area contributed by atoms with Gasteiger partial charge in [0.1, 0.15) is 5.82 Å². The minimum absolute atomic E-state index is 0.0188. The fourth-order valence-electron chi connectivity index (χ4n) is 2.64. The van der Waals surface area contributed by atoms with Crippen LogP contribution in [0.2, 0.25) is 5.02 Å². The van der Waals surface area contributed by atoms with Gasteiger partial charge in [-0.1, -0.05) is 32.4 Å². The first-order chi connectivity index (χ1) is 9.93. The molecule has 110 valence electrons. The van der Waals surface area contributed by atoms with E-state index in [0.29, 0.717) is 23.2 Å². The van der Waals surface area contributed by atoms with Crippen molar-refractivity contribution < 1.29 is 4.39 Å². The number of H-pyrrole nitrogens is 1. The number of fused-ring (bicyclic) bond motifs is 3. The van der Waals surface area contributed by atoms with Gasteiger partial charge in [-0.3, -0.25) is 4.79 Å². The van der Waals surface area contributed by atoms with Gasteiger partial charge in [0.15, 0.2) is 0 Å². The van der Waals surface area contributed by atoms with Gasteiger partial charge >= 0.3 is 0 Å². The Labute approximate surface area is 125 Å². The molecule has 0 aliphatic rings. The highest BCUT2D eigenvalue weighted by Gasteiger charge is 2.17. The fraction of sp³-hybridized carbons (Fsp3) is 0.333. The second-order valence-corrected chi connectivity index (χ2v) is 5.76. The van der Waals surface area contributed by atoms with Gasteiger partial charge in [0.2, 0.25) is 5.78 Å².